The molecule has 1 aromatic carbocycles. The van der Waals surface area contributed by atoms with Gasteiger partial charge in [-0.3, -0.25) is 9.69 Å². The summed E-state index contributed by atoms with van der Waals surface area (Å²) in [6.45, 7) is 10.0. The highest BCUT2D eigenvalue weighted by Crippen LogP contribution is 2.20. The monoisotopic (exact) mass is 488 g/mol. The van der Waals surface area contributed by atoms with Crippen LogP contribution in [0.2, 0.25) is 0 Å². The normalized spacial score (nSPS) is 14.6. The lowest BCUT2D eigenvalue weighted by Crippen LogP contribution is -2.48. The highest BCUT2D eigenvalue weighted by molar-refractivity contribution is 5.76. The lowest BCUT2D eigenvalue weighted by Gasteiger charge is -2.35. The van der Waals surface area contributed by atoms with E-state index in [1.165, 1.54) is 5.56 Å². The number of aryl methyl sites for hydroxylation is 2. The Balaban J connectivity index is 1.17. The largest absolute Gasteiger partial charge is 0.392 e. The minimum Gasteiger partial charge on any atom is -0.392 e. The summed E-state index contributed by atoms with van der Waals surface area (Å²) in [5.41, 5.74) is 5.85. The molecule has 0 saturated carbocycles. The maximum absolute atomic E-state index is 13.0. The number of piperazine rings is 1. The Morgan fingerprint density at radius 1 is 0.917 bits per heavy atom. The second-order valence-corrected chi connectivity index (χ2v) is 9.40. The van der Waals surface area contributed by atoms with Gasteiger partial charge in [-0.25, -0.2) is 4.68 Å². The van der Waals surface area contributed by atoms with E-state index < -0.39 is 0 Å². The molecule has 0 bridgehead atoms. The number of hydrogen-bond donors (Lipinski definition) is 1. The third kappa shape index (κ3) is 4.87. The van der Waals surface area contributed by atoms with Crippen molar-refractivity contribution in [3.05, 3.63) is 70.3 Å². The minimum atomic E-state index is 0.0659. The van der Waals surface area contributed by atoms with Crippen molar-refractivity contribution in [2.75, 3.05) is 26.2 Å². The lowest BCUT2D eigenvalue weighted by molar-refractivity contribution is -0.133. The maximum atomic E-state index is 13.0. The number of fused-ring (bicyclic) bond motifs is 1. The molecule has 1 amide bonds. The molecule has 0 aliphatic carbocycles. The molecule has 4 aromatic rings. The Hall–Kier alpha value is -3.63. The van der Waals surface area contributed by atoms with Gasteiger partial charge in [0.2, 0.25) is 5.91 Å². The molecule has 3 aromatic heterocycles. The Bertz CT molecular complexity index is 1370. The van der Waals surface area contributed by atoms with Gasteiger partial charge >= 0.3 is 0 Å². The second kappa shape index (κ2) is 10.2. The number of carbonyl (C=O) groups excluding carboxylic acids is 1. The van der Waals surface area contributed by atoms with Gasteiger partial charge in [0.15, 0.2) is 17.3 Å². The Morgan fingerprint density at radius 3 is 2.36 bits per heavy atom. The first-order valence-corrected chi connectivity index (χ1v) is 12.4. The average Bonchev–Trinajstić information content (AvgIpc) is 3.41. The lowest BCUT2D eigenvalue weighted by atomic mass is 10.1. The van der Waals surface area contributed by atoms with Crippen molar-refractivity contribution in [2.45, 2.75) is 46.8 Å². The van der Waals surface area contributed by atoms with E-state index in [9.17, 15) is 9.90 Å². The Kier molecular flexibility index (Phi) is 6.80. The Labute approximate surface area is 210 Å². The van der Waals surface area contributed by atoms with Crippen molar-refractivity contribution in [1.82, 2.24) is 39.4 Å². The zero-order valence-corrected chi connectivity index (χ0v) is 21.1. The SMILES string of the molecule is Cc1nn(-c2ccc3nnc(C)n3n2)c(C)c1CCC(=O)N1CCN(Cc2ccc(CO)cc2)CC1. The summed E-state index contributed by atoms with van der Waals surface area (Å²) in [5, 5.41) is 26.7. The van der Waals surface area contributed by atoms with Crippen LogP contribution in [0.3, 0.4) is 0 Å². The molecule has 1 N–H and O–H groups in total. The third-order valence-corrected chi connectivity index (χ3v) is 6.99. The number of aliphatic hydroxyl groups excluding tert-OH is 1. The van der Waals surface area contributed by atoms with Crippen LogP contribution in [0.1, 0.15) is 40.3 Å². The molecule has 10 nitrogen and oxygen atoms in total. The highest BCUT2D eigenvalue weighted by atomic mass is 16.3. The molecule has 5 rings (SSSR count). The second-order valence-electron chi connectivity index (χ2n) is 9.40. The van der Waals surface area contributed by atoms with Gasteiger partial charge in [-0.15, -0.1) is 15.3 Å². The number of aromatic nitrogens is 6. The molecular weight excluding hydrogens is 456 g/mol. The molecular formula is C26H32N8O2. The zero-order chi connectivity index (χ0) is 25.2. The predicted octanol–water partition coefficient (Wildman–Crippen LogP) is 2.00. The minimum absolute atomic E-state index is 0.0659. The summed E-state index contributed by atoms with van der Waals surface area (Å²) in [6, 6.07) is 11.8. The molecule has 0 atom stereocenters. The van der Waals surface area contributed by atoms with Crippen molar-refractivity contribution in [2.24, 2.45) is 0 Å². The number of hydrogen-bond acceptors (Lipinski definition) is 7. The maximum Gasteiger partial charge on any atom is 0.222 e. The fourth-order valence-corrected chi connectivity index (χ4v) is 4.81. The van der Waals surface area contributed by atoms with Crippen molar-refractivity contribution in [1.29, 1.82) is 0 Å². The molecule has 0 unspecified atom stereocenters. The topological polar surface area (TPSA) is 105 Å². The summed E-state index contributed by atoms with van der Waals surface area (Å²) in [4.78, 5) is 17.3. The van der Waals surface area contributed by atoms with Crippen LogP contribution in [0.4, 0.5) is 0 Å². The predicted molar refractivity (Wildman–Crippen MR) is 135 cm³/mol. The molecule has 1 saturated heterocycles. The summed E-state index contributed by atoms with van der Waals surface area (Å²) >= 11 is 0. The fourth-order valence-electron chi connectivity index (χ4n) is 4.81. The number of amides is 1. The van der Waals surface area contributed by atoms with E-state index in [0.717, 1.165) is 61.1 Å². The Morgan fingerprint density at radius 2 is 1.64 bits per heavy atom. The van der Waals surface area contributed by atoms with Gasteiger partial charge in [-0.05, 0) is 56.0 Å². The molecule has 4 heterocycles. The standard InChI is InChI=1S/C26H32N8O2/c1-18-23(19(2)33(29-18)25-10-9-24-28-27-20(3)34(24)30-25)8-11-26(36)32-14-12-31(13-15-32)16-21-4-6-22(17-35)7-5-21/h4-7,9-10,35H,8,11-17H2,1-3H3. The zero-order valence-electron chi connectivity index (χ0n) is 21.1. The summed E-state index contributed by atoms with van der Waals surface area (Å²) in [7, 11) is 0. The van der Waals surface area contributed by atoms with E-state index >= 15 is 0 Å². The first kappa shape index (κ1) is 24.1. The van der Waals surface area contributed by atoms with Gasteiger partial charge in [0, 0.05) is 44.8 Å². The number of benzene rings is 1. The molecule has 1 fully saturated rings. The number of carbonyl (C=O) groups is 1. The smallest absolute Gasteiger partial charge is 0.222 e. The van der Waals surface area contributed by atoms with Crippen molar-refractivity contribution in [3.63, 3.8) is 0 Å². The van der Waals surface area contributed by atoms with Crippen molar-refractivity contribution >= 4 is 11.6 Å². The van der Waals surface area contributed by atoms with Crippen LogP contribution >= 0.6 is 0 Å². The number of aliphatic hydroxyl groups is 1. The van der Waals surface area contributed by atoms with E-state index in [2.05, 4.69) is 32.3 Å². The van der Waals surface area contributed by atoms with Crippen LogP contribution in [0.15, 0.2) is 36.4 Å². The van der Waals surface area contributed by atoms with Crippen LogP contribution in [-0.4, -0.2) is 76.6 Å². The molecule has 10 heteroatoms. The fraction of sp³-hybridized carbons (Fsp3) is 0.423. The van der Waals surface area contributed by atoms with E-state index in [1.807, 2.05) is 54.6 Å². The van der Waals surface area contributed by atoms with Gasteiger partial charge in [0.25, 0.3) is 0 Å². The molecule has 1 aliphatic rings. The molecule has 1 aliphatic heterocycles. The van der Waals surface area contributed by atoms with E-state index in [0.29, 0.717) is 24.3 Å². The van der Waals surface area contributed by atoms with Crippen molar-refractivity contribution < 1.29 is 9.90 Å². The van der Waals surface area contributed by atoms with Crippen LogP contribution in [0, 0.1) is 20.8 Å². The van der Waals surface area contributed by atoms with E-state index in [4.69, 9.17) is 5.10 Å². The summed E-state index contributed by atoms with van der Waals surface area (Å²) in [6.07, 6.45) is 1.12. The first-order chi connectivity index (χ1) is 17.4. The van der Waals surface area contributed by atoms with Gasteiger partial charge in [-0.1, -0.05) is 24.3 Å². The molecule has 36 heavy (non-hydrogen) atoms. The van der Waals surface area contributed by atoms with Crippen LogP contribution in [-0.2, 0) is 24.4 Å². The van der Waals surface area contributed by atoms with Crippen LogP contribution < -0.4 is 0 Å². The van der Waals surface area contributed by atoms with Crippen LogP contribution in [0.25, 0.3) is 11.5 Å². The summed E-state index contributed by atoms with van der Waals surface area (Å²) < 4.78 is 3.54. The number of nitrogens with zero attached hydrogens (tertiary/aromatic N) is 8. The molecule has 0 spiro atoms. The van der Waals surface area contributed by atoms with Crippen molar-refractivity contribution in [3.8, 4) is 5.82 Å². The van der Waals surface area contributed by atoms with Crippen LogP contribution in [0.5, 0.6) is 0 Å². The van der Waals surface area contributed by atoms with E-state index in [-0.39, 0.29) is 12.5 Å². The quantitative estimate of drug-likeness (QED) is 0.424. The third-order valence-electron chi connectivity index (χ3n) is 6.99. The summed E-state index contributed by atoms with van der Waals surface area (Å²) in [5.74, 6) is 1.61. The highest BCUT2D eigenvalue weighted by Gasteiger charge is 2.22. The van der Waals surface area contributed by atoms with E-state index in [1.54, 1.807) is 4.52 Å². The molecule has 188 valence electrons. The molecule has 0 radical (unpaired) electrons. The average molecular weight is 489 g/mol. The van der Waals surface area contributed by atoms with Gasteiger partial charge in [-0.2, -0.15) is 9.61 Å². The first-order valence-electron chi connectivity index (χ1n) is 12.4. The van der Waals surface area contributed by atoms with Gasteiger partial charge < -0.3 is 10.0 Å². The van der Waals surface area contributed by atoms with Gasteiger partial charge in [0.1, 0.15) is 0 Å². The van der Waals surface area contributed by atoms with Gasteiger partial charge in [0.05, 0.1) is 12.3 Å². The number of rotatable bonds is 7.